The van der Waals surface area contributed by atoms with Crippen LogP contribution in [0.3, 0.4) is 0 Å². The molecule has 0 N–H and O–H groups in total. The molecule has 0 radical (unpaired) electrons. The molecule has 0 spiro atoms. The zero-order valence-electron chi connectivity index (χ0n) is 21.5. The van der Waals surface area contributed by atoms with Crippen molar-refractivity contribution in [1.82, 2.24) is 0 Å². The lowest BCUT2D eigenvalue weighted by Crippen LogP contribution is -2.18. The Kier molecular flexibility index (Phi) is 14.3. The predicted molar refractivity (Wildman–Crippen MR) is 130 cm³/mol. The zero-order valence-corrected chi connectivity index (χ0v) is 21.5. The van der Waals surface area contributed by atoms with Crippen LogP contribution < -0.4 is 9.47 Å². The van der Waals surface area contributed by atoms with Crippen molar-refractivity contribution < 1.29 is 28.5 Å². The van der Waals surface area contributed by atoms with E-state index < -0.39 is 18.2 Å². The van der Waals surface area contributed by atoms with Gasteiger partial charge in [-0.1, -0.05) is 66.2 Å². The molecule has 1 aromatic rings. The molecule has 0 aliphatic heterocycles. The standard InChI is InChI=1S/C27H44O6/c1-7-11-13-22(9-3)18-30-24-15-16-26(31-19-23(10-4)14-12-8-2)25(17-24)27(32-20(5)28)33-21(6)29/h15-17,22-23,27H,7-14,18-19H2,1-6H3. The number of hydrogen-bond donors (Lipinski definition) is 0. The largest absolute Gasteiger partial charge is 0.493 e. The van der Waals surface area contributed by atoms with Crippen LogP contribution in [0.25, 0.3) is 0 Å². The summed E-state index contributed by atoms with van der Waals surface area (Å²) in [6.07, 6.45) is 7.74. The number of unbranched alkanes of at least 4 members (excludes halogenated alkanes) is 2. The summed E-state index contributed by atoms with van der Waals surface area (Å²) in [5, 5.41) is 0. The Hall–Kier alpha value is -2.24. The molecule has 0 saturated carbocycles. The van der Waals surface area contributed by atoms with Crippen LogP contribution in [-0.4, -0.2) is 25.2 Å². The van der Waals surface area contributed by atoms with Gasteiger partial charge in [-0.15, -0.1) is 0 Å². The third-order valence-electron chi connectivity index (χ3n) is 5.83. The van der Waals surface area contributed by atoms with Gasteiger partial charge in [-0.2, -0.15) is 0 Å². The summed E-state index contributed by atoms with van der Waals surface area (Å²) in [5.74, 6) is 0.985. The second kappa shape index (κ2) is 16.4. The van der Waals surface area contributed by atoms with Crippen LogP contribution in [0.5, 0.6) is 11.5 Å². The van der Waals surface area contributed by atoms with E-state index in [2.05, 4.69) is 27.7 Å². The van der Waals surface area contributed by atoms with Gasteiger partial charge >= 0.3 is 11.9 Å². The van der Waals surface area contributed by atoms with Crippen molar-refractivity contribution in [3.8, 4) is 11.5 Å². The maximum atomic E-state index is 11.7. The van der Waals surface area contributed by atoms with Crippen molar-refractivity contribution >= 4 is 11.9 Å². The number of carbonyl (C=O) groups is 2. The molecular weight excluding hydrogens is 420 g/mol. The van der Waals surface area contributed by atoms with E-state index in [0.717, 1.165) is 44.9 Å². The number of ether oxygens (including phenoxy) is 4. The monoisotopic (exact) mass is 464 g/mol. The van der Waals surface area contributed by atoms with Gasteiger partial charge in [-0.25, -0.2) is 0 Å². The van der Waals surface area contributed by atoms with E-state index in [4.69, 9.17) is 18.9 Å². The molecule has 0 bridgehead atoms. The van der Waals surface area contributed by atoms with Crippen LogP contribution in [0, 0.1) is 11.8 Å². The van der Waals surface area contributed by atoms with Gasteiger partial charge in [-0.05, 0) is 42.9 Å². The average Bonchev–Trinajstić information content (AvgIpc) is 2.78. The molecule has 1 rings (SSSR count). The van der Waals surface area contributed by atoms with E-state index in [0.29, 0.717) is 42.1 Å². The first-order valence-corrected chi connectivity index (χ1v) is 12.6. The Morgan fingerprint density at radius 2 is 1.30 bits per heavy atom. The maximum Gasteiger partial charge on any atom is 0.305 e. The third-order valence-corrected chi connectivity index (χ3v) is 5.83. The van der Waals surface area contributed by atoms with Crippen LogP contribution >= 0.6 is 0 Å². The molecule has 6 nitrogen and oxygen atoms in total. The second-order valence-electron chi connectivity index (χ2n) is 8.71. The van der Waals surface area contributed by atoms with Crippen molar-refractivity contribution in [3.63, 3.8) is 0 Å². The smallest absolute Gasteiger partial charge is 0.305 e. The summed E-state index contributed by atoms with van der Waals surface area (Å²) in [6, 6.07) is 5.42. The number of hydrogen-bond acceptors (Lipinski definition) is 6. The minimum Gasteiger partial charge on any atom is -0.493 e. The quantitative estimate of drug-likeness (QED) is 0.182. The Bertz CT molecular complexity index is 686. The van der Waals surface area contributed by atoms with Crippen LogP contribution in [0.15, 0.2) is 18.2 Å². The molecule has 0 aromatic heterocycles. The summed E-state index contributed by atoms with van der Waals surface area (Å²) in [4.78, 5) is 23.4. The first kappa shape index (κ1) is 28.8. The Balaban J connectivity index is 3.12. The molecule has 0 amide bonds. The fourth-order valence-corrected chi connectivity index (χ4v) is 3.60. The molecule has 2 atom stereocenters. The molecule has 0 fully saturated rings. The molecular formula is C27H44O6. The second-order valence-corrected chi connectivity index (χ2v) is 8.71. The highest BCUT2D eigenvalue weighted by molar-refractivity contribution is 5.68. The van der Waals surface area contributed by atoms with Crippen LogP contribution in [0.4, 0.5) is 0 Å². The topological polar surface area (TPSA) is 71.1 Å². The van der Waals surface area contributed by atoms with Crippen LogP contribution in [0.2, 0.25) is 0 Å². The summed E-state index contributed by atoms with van der Waals surface area (Å²) >= 11 is 0. The molecule has 188 valence electrons. The molecule has 0 aliphatic carbocycles. The summed E-state index contributed by atoms with van der Waals surface area (Å²) in [5.41, 5.74) is 0.477. The normalized spacial score (nSPS) is 12.8. The predicted octanol–water partition coefficient (Wildman–Crippen LogP) is 7.00. The Morgan fingerprint density at radius 1 is 0.788 bits per heavy atom. The first-order chi connectivity index (χ1) is 15.8. The summed E-state index contributed by atoms with van der Waals surface area (Å²) < 4.78 is 22.9. The zero-order chi connectivity index (χ0) is 24.6. The van der Waals surface area contributed by atoms with Crippen molar-refractivity contribution in [1.29, 1.82) is 0 Å². The Labute approximate surface area is 200 Å². The summed E-state index contributed by atoms with van der Waals surface area (Å²) in [7, 11) is 0. The van der Waals surface area contributed by atoms with Gasteiger partial charge in [-0.3, -0.25) is 9.59 Å². The van der Waals surface area contributed by atoms with Gasteiger partial charge in [0.1, 0.15) is 11.5 Å². The molecule has 2 unspecified atom stereocenters. The van der Waals surface area contributed by atoms with Gasteiger partial charge in [0.2, 0.25) is 0 Å². The molecule has 0 aliphatic rings. The lowest BCUT2D eigenvalue weighted by atomic mass is 10.0. The van der Waals surface area contributed by atoms with Crippen molar-refractivity contribution in [3.05, 3.63) is 23.8 Å². The minimum atomic E-state index is -1.18. The van der Waals surface area contributed by atoms with Gasteiger partial charge in [0.25, 0.3) is 6.29 Å². The van der Waals surface area contributed by atoms with Gasteiger partial charge in [0.05, 0.1) is 18.8 Å². The molecule has 1 aromatic carbocycles. The van der Waals surface area contributed by atoms with Crippen LogP contribution in [-0.2, 0) is 19.1 Å². The molecule has 33 heavy (non-hydrogen) atoms. The highest BCUT2D eigenvalue weighted by Gasteiger charge is 2.24. The van der Waals surface area contributed by atoms with E-state index >= 15 is 0 Å². The number of esters is 2. The highest BCUT2D eigenvalue weighted by atomic mass is 16.7. The Morgan fingerprint density at radius 3 is 1.76 bits per heavy atom. The lowest BCUT2D eigenvalue weighted by Gasteiger charge is -2.23. The van der Waals surface area contributed by atoms with E-state index in [1.165, 1.54) is 20.3 Å². The average molecular weight is 465 g/mol. The summed E-state index contributed by atoms with van der Waals surface area (Å²) in [6.45, 7) is 12.4. The lowest BCUT2D eigenvalue weighted by molar-refractivity contribution is -0.186. The molecule has 0 saturated heterocycles. The number of carbonyl (C=O) groups excluding carboxylic acids is 2. The van der Waals surface area contributed by atoms with E-state index in [9.17, 15) is 9.59 Å². The fraction of sp³-hybridized carbons (Fsp3) is 0.704. The third kappa shape index (κ3) is 11.4. The van der Waals surface area contributed by atoms with Crippen molar-refractivity contribution in [2.45, 2.75) is 99.2 Å². The minimum absolute atomic E-state index is 0.429. The van der Waals surface area contributed by atoms with Crippen LogP contribution in [0.1, 0.15) is 105 Å². The number of benzene rings is 1. The van der Waals surface area contributed by atoms with E-state index in [1.807, 2.05) is 12.1 Å². The number of rotatable bonds is 17. The van der Waals surface area contributed by atoms with Gasteiger partial charge in [0, 0.05) is 13.8 Å². The van der Waals surface area contributed by atoms with Crippen molar-refractivity contribution in [2.24, 2.45) is 11.8 Å². The van der Waals surface area contributed by atoms with Gasteiger partial charge < -0.3 is 18.9 Å². The highest BCUT2D eigenvalue weighted by Crippen LogP contribution is 2.34. The first-order valence-electron chi connectivity index (χ1n) is 12.6. The SMILES string of the molecule is CCCCC(CC)COc1ccc(OCC(CC)CCCC)c(C(OC(C)=O)OC(C)=O)c1. The van der Waals surface area contributed by atoms with Crippen molar-refractivity contribution in [2.75, 3.05) is 13.2 Å². The fourth-order valence-electron chi connectivity index (χ4n) is 3.60. The van der Waals surface area contributed by atoms with Gasteiger partial charge in [0.15, 0.2) is 0 Å². The maximum absolute atomic E-state index is 11.7. The van der Waals surface area contributed by atoms with E-state index in [1.54, 1.807) is 6.07 Å². The molecule has 6 heteroatoms. The molecule has 0 heterocycles. The van der Waals surface area contributed by atoms with E-state index in [-0.39, 0.29) is 0 Å².